The Morgan fingerprint density at radius 2 is 1.62 bits per heavy atom. The van der Waals surface area contributed by atoms with Crippen LogP contribution in [-0.4, -0.2) is 76.3 Å². The fraction of sp³-hybridized carbons (Fsp3) is 0.529. The Balaban J connectivity index is 1.33. The minimum absolute atomic E-state index is 0.0666. The van der Waals surface area contributed by atoms with E-state index in [0.29, 0.717) is 10.8 Å². The average molecular weight is 700 g/mol. The molecule has 3 aromatic rings. The zero-order valence-corrected chi connectivity index (χ0v) is 30.7. The van der Waals surface area contributed by atoms with Crippen molar-refractivity contribution < 1.29 is 23.9 Å². The maximum absolute atomic E-state index is 13.2. The Morgan fingerprint density at radius 3 is 2.25 bits per heavy atom. The lowest BCUT2D eigenvalue weighted by molar-refractivity contribution is -0.125. The number of aromatic nitrogens is 3. The van der Waals surface area contributed by atoms with Crippen LogP contribution < -0.4 is 16.0 Å². The number of thiophene rings is 1. The van der Waals surface area contributed by atoms with E-state index in [1.807, 2.05) is 56.5 Å². The molecular weight excluding hydrogens is 654 g/mol. The second-order valence-corrected chi connectivity index (χ2v) is 15.4. The summed E-state index contributed by atoms with van der Waals surface area (Å²) in [6.45, 7) is 17.9. The molecule has 2 aromatic heterocycles. The van der Waals surface area contributed by atoms with Gasteiger partial charge in [0.2, 0.25) is 11.8 Å². The average Bonchev–Trinajstić information content (AvgIpc) is 3.46. The van der Waals surface area contributed by atoms with Gasteiger partial charge in [-0.2, -0.15) is 0 Å². The third-order valence-electron chi connectivity index (χ3n) is 7.64. The molecule has 0 aliphatic carbocycles. The van der Waals surface area contributed by atoms with Crippen molar-refractivity contribution in [3.63, 3.8) is 0 Å². The molecule has 12 nitrogen and oxygen atoms in total. The van der Waals surface area contributed by atoms with E-state index in [2.05, 4.69) is 40.0 Å². The van der Waals surface area contributed by atoms with Crippen molar-refractivity contribution in [1.29, 1.82) is 0 Å². The highest BCUT2D eigenvalue weighted by atomic mass is 35.5. The third-order valence-corrected chi connectivity index (χ3v) is 9.08. The fourth-order valence-corrected chi connectivity index (χ4v) is 6.53. The lowest BCUT2D eigenvalue weighted by atomic mass is 9.86. The molecule has 3 amide bonds. The monoisotopic (exact) mass is 699 g/mol. The molecule has 0 radical (unpaired) electrons. The van der Waals surface area contributed by atoms with Gasteiger partial charge >= 0.3 is 6.09 Å². The molecule has 14 heteroatoms. The second kappa shape index (κ2) is 15.2. The molecule has 1 aliphatic rings. The van der Waals surface area contributed by atoms with Gasteiger partial charge in [0.25, 0.3) is 0 Å². The van der Waals surface area contributed by atoms with Gasteiger partial charge in [-0.15, -0.1) is 21.5 Å². The molecule has 0 bridgehead atoms. The molecular formula is C34H46ClN7O5S. The van der Waals surface area contributed by atoms with E-state index in [9.17, 15) is 14.4 Å². The number of aliphatic imine (C=N–C) groups is 1. The predicted octanol–water partition coefficient (Wildman–Crippen LogP) is 5.38. The summed E-state index contributed by atoms with van der Waals surface area (Å²) in [7, 11) is 0. The highest BCUT2D eigenvalue weighted by molar-refractivity contribution is 7.15. The lowest BCUT2D eigenvalue weighted by Gasteiger charge is -2.31. The van der Waals surface area contributed by atoms with Gasteiger partial charge in [-0.1, -0.05) is 44.5 Å². The van der Waals surface area contributed by atoms with Gasteiger partial charge in [0.05, 0.1) is 25.3 Å². The zero-order chi connectivity index (χ0) is 35.4. The summed E-state index contributed by atoms with van der Waals surface area (Å²) in [5.41, 5.74) is 2.58. The Kier molecular flexibility index (Phi) is 11.7. The third kappa shape index (κ3) is 9.20. The number of carbonyl (C=O) groups excluding carboxylic acids is 3. The van der Waals surface area contributed by atoms with Crippen LogP contribution in [0.15, 0.2) is 29.3 Å². The van der Waals surface area contributed by atoms with E-state index in [0.717, 1.165) is 33.2 Å². The maximum atomic E-state index is 13.2. The van der Waals surface area contributed by atoms with Crippen molar-refractivity contribution in [2.24, 2.45) is 10.4 Å². The standard InChI is InChI=1S/C34H46ClN7O5S/c1-19-20(2)48-31-26(19)27(22-10-12-23(35)13-11-22)38-24(29-41-40-21(3)42(29)31)18-25(43)36-14-16-46-17-15-37-30(44)28(33(4,5)6)39-32(45)47-34(7,8)9/h10-13,24,28H,14-18H2,1-9H3,(H,36,43)(H,37,44)(H,39,45)/t24-,28+/m0/s1. The van der Waals surface area contributed by atoms with Crippen LogP contribution in [0.1, 0.15) is 87.2 Å². The van der Waals surface area contributed by atoms with Crippen molar-refractivity contribution in [2.45, 2.75) is 86.4 Å². The largest absolute Gasteiger partial charge is 0.444 e. The van der Waals surface area contributed by atoms with E-state index < -0.39 is 29.2 Å². The number of nitrogens with one attached hydrogen (secondary N) is 3. The number of alkyl carbamates (subject to hydrolysis) is 1. The van der Waals surface area contributed by atoms with Crippen LogP contribution in [-0.2, 0) is 19.1 Å². The number of halogens is 1. The number of benzene rings is 1. The van der Waals surface area contributed by atoms with Crippen LogP contribution in [0.5, 0.6) is 0 Å². The first-order chi connectivity index (χ1) is 22.5. The summed E-state index contributed by atoms with van der Waals surface area (Å²) in [6, 6.07) is 6.18. The molecule has 3 heterocycles. The van der Waals surface area contributed by atoms with Crippen LogP contribution in [0, 0.1) is 26.2 Å². The first-order valence-electron chi connectivity index (χ1n) is 15.9. The number of ether oxygens (including phenoxy) is 2. The molecule has 0 saturated heterocycles. The van der Waals surface area contributed by atoms with E-state index in [1.165, 1.54) is 4.88 Å². The molecule has 0 fully saturated rings. The van der Waals surface area contributed by atoms with Gasteiger partial charge in [-0.05, 0) is 64.7 Å². The molecule has 260 valence electrons. The van der Waals surface area contributed by atoms with Crippen molar-refractivity contribution in [2.75, 3.05) is 26.3 Å². The van der Waals surface area contributed by atoms with Crippen LogP contribution in [0.4, 0.5) is 4.79 Å². The van der Waals surface area contributed by atoms with Crippen LogP contribution in [0.3, 0.4) is 0 Å². The molecule has 1 aromatic carbocycles. The molecule has 48 heavy (non-hydrogen) atoms. The van der Waals surface area contributed by atoms with Gasteiger partial charge in [0.1, 0.15) is 28.5 Å². The number of carbonyl (C=O) groups is 3. The first kappa shape index (κ1) is 37.0. The molecule has 0 saturated carbocycles. The number of fused-ring (bicyclic) bond motifs is 3. The number of aryl methyl sites for hydroxylation is 2. The minimum Gasteiger partial charge on any atom is -0.444 e. The molecule has 1 aliphatic heterocycles. The van der Waals surface area contributed by atoms with Gasteiger partial charge in [-0.3, -0.25) is 19.1 Å². The Morgan fingerprint density at radius 1 is 0.979 bits per heavy atom. The maximum Gasteiger partial charge on any atom is 0.408 e. The summed E-state index contributed by atoms with van der Waals surface area (Å²) < 4.78 is 13.0. The SMILES string of the molecule is Cc1sc2c(c1C)C(c1ccc(Cl)cc1)=N[C@@H](CC(=O)NCCOCCNC(=O)[C@@H](NC(=O)OC(C)(C)C)C(C)(C)C)c1nnc(C)n1-2. The molecule has 0 unspecified atom stereocenters. The second-order valence-electron chi connectivity index (χ2n) is 13.8. The number of rotatable bonds is 11. The lowest BCUT2D eigenvalue weighted by Crippen LogP contribution is -2.54. The summed E-state index contributed by atoms with van der Waals surface area (Å²) in [5.74, 6) is 0.786. The van der Waals surface area contributed by atoms with Gasteiger partial charge in [0.15, 0.2) is 5.82 Å². The van der Waals surface area contributed by atoms with Crippen LogP contribution >= 0.6 is 22.9 Å². The molecule has 0 spiro atoms. The van der Waals surface area contributed by atoms with Crippen molar-refractivity contribution in [3.8, 4) is 5.00 Å². The van der Waals surface area contributed by atoms with Crippen LogP contribution in [0.2, 0.25) is 5.02 Å². The highest BCUT2D eigenvalue weighted by Gasteiger charge is 2.34. The molecule has 4 rings (SSSR count). The van der Waals surface area contributed by atoms with Gasteiger partial charge in [-0.25, -0.2) is 4.79 Å². The van der Waals surface area contributed by atoms with E-state index in [4.69, 9.17) is 26.1 Å². The first-order valence-corrected chi connectivity index (χ1v) is 17.1. The summed E-state index contributed by atoms with van der Waals surface area (Å²) in [6.07, 6.45) is -0.589. The Labute approximate surface area is 291 Å². The van der Waals surface area contributed by atoms with Crippen molar-refractivity contribution in [3.05, 3.63) is 62.5 Å². The van der Waals surface area contributed by atoms with Gasteiger partial charge in [0, 0.05) is 34.1 Å². The smallest absolute Gasteiger partial charge is 0.408 e. The zero-order valence-electron chi connectivity index (χ0n) is 29.1. The van der Waals surface area contributed by atoms with E-state index >= 15 is 0 Å². The van der Waals surface area contributed by atoms with Crippen molar-refractivity contribution in [1.82, 2.24) is 30.7 Å². The quantitative estimate of drug-likeness (QED) is 0.228. The summed E-state index contributed by atoms with van der Waals surface area (Å²) in [5, 5.41) is 18.8. The van der Waals surface area contributed by atoms with Gasteiger partial charge < -0.3 is 25.4 Å². The molecule has 3 N–H and O–H groups in total. The summed E-state index contributed by atoms with van der Waals surface area (Å²) in [4.78, 5) is 44.6. The number of amides is 3. The Bertz CT molecular complexity index is 1670. The minimum atomic E-state index is -0.799. The normalized spacial score (nSPS) is 15.0. The van der Waals surface area contributed by atoms with E-state index in [1.54, 1.807) is 32.1 Å². The van der Waals surface area contributed by atoms with E-state index in [-0.39, 0.29) is 44.5 Å². The van der Waals surface area contributed by atoms with Crippen LogP contribution in [0.25, 0.3) is 5.00 Å². The molecule has 2 atom stereocenters. The number of nitrogens with zero attached hydrogens (tertiary/aromatic N) is 4. The fourth-order valence-electron chi connectivity index (χ4n) is 5.19. The highest BCUT2D eigenvalue weighted by Crippen LogP contribution is 2.39. The number of hydrogen-bond donors (Lipinski definition) is 3. The van der Waals surface area contributed by atoms with Crippen molar-refractivity contribution >= 4 is 46.6 Å². The summed E-state index contributed by atoms with van der Waals surface area (Å²) >= 11 is 7.85. The number of hydrogen-bond acceptors (Lipinski definition) is 9. The topological polar surface area (TPSA) is 149 Å². The predicted molar refractivity (Wildman–Crippen MR) is 187 cm³/mol. The Hall–Kier alpha value is -3.81.